The van der Waals surface area contributed by atoms with Crippen LogP contribution in [-0.4, -0.2) is 22.6 Å². The fourth-order valence-corrected chi connectivity index (χ4v) is 3.34. The maximum atomic E-state index is 11.8. The number of Topliss-reactive ketones (excluding diaryl/α,β-unsaturated/α-hetero) is 2. The number of carboxylic acid groups (broad SMARTS) is 1. The molecule has 2 bridgehead atoms. The Morgan fingerprint density at radius 2 is 2.00 bits per heavy atom. The van der Waals surface area contributed by atoms with Crippen LogP contribution in [0.15, 0.2) is 0 Å². The molecule has 2 rings (SSSR count). The Morgan fingerprint density at radius 3 is 2.53 bits per heavy atom. The Labute approximate surface area is 87.7 Å². The summed E-state index contributed by atoms with van der Waals surface area (Å²) in [4.78, 5) is 34.8. The van der Waals surface area contributed by atoms with Crippen molar-refractivity contribution in [1.29, 1.82) is 0 Å². The average Bonchev–Trinajstić information content (AvgIpc) is 2.27. The van der Waals surface area contributed by atoms with E-state index in [0.29, 0.717) is 12.8 Å². The Hall–Kier alpha value is -1.19. The van der Waals surface area contributed by atoms with Gasteiger partial charge in [0.15, 0.2) is 5.78 Å². The standard InChI is InChI=1S/C11H14O4/c1-10(2)6-3-4-11(10,9(14)15)8(13)5-7(6)12/h6H,3-5H2,1-2H3,(H,14,15)/t6-,11-/m1/s1. The number of carboxylic acids is 1. The largest absolute Gasteiger partial charge is 0.480 e. The highest BCUT2D eigenvalue weighted by Crippen LogP contribution is 2.60. The second kappa shape index (κ2) is 2.68. The molecule has 2 atom stereocenters. The quantitative estimate of drug-likeness (QED) is 0.656. The Kier molecular flexibility index (Phi) is 1.85. The van der Waals surface area contributed by atoms with Crippen LogP contribution < -0.4 is 0 Å². The van der Waals surface area contributed by atoms with Crippen LogP contribution in [0.5, 0.6) is 0 Å². The first-order chi connectivity index (χ1) is 6.84. The lowest BCUT2D eigenvalue weighted by molar-refractivity contribution is -0.167. The van der Waals surface area contributed by atoms with Crippen molar-refractivity contribution in [3.63, 3.8) is 0 Å². The fourth-order valence-electron chi connectivity index (χ4n) is 3.34. The van der Waals surface area contributed by atoms with Gasteiger partial charge in [-0.2, -0.15) is 0 Å². The number of carbonyl (C=O) groups excluding carboxylic acids is 2. The van der Waals surface area contributed by atoms with Gasteiger partial charge in [-0.3, -0.25) is 14.4 Å². The predicted octanol–water partition coefficient (Wildman–Crippen LogP) is 1.04. The van der Waals surface area contributed by atoms with Gasteiger partial charge in [0.2, 0.25) is 0 Å². The highest BCUT2D eigenvalue weighted by Gasteiger charge is 2.67. The second-order valence-corrected chi connectivity index (χ2v) is 5.09. The third-order valence-corrected chi connectivity index (χ3v) is 4.34. The van der Waals surface area contributed by atoms with Crippen LogP contribution in [0.3, 0.4) is 0 Å². The molecule has 2 saturated carbocycles. The van der Waals surface area contributed by atoms with Crippen LogP contribution >= 0.6 is 0 Å². The summed E-state index contributed by atoms with van der Waals surface area (Å²) in [5.41, 5.74) is -2.04. The summed E-state index contributed by atoms with van der Waals surface area (Å²) in [7, 11) is 0. The molecule has 0 radical (unpaired) electrons. The van der Waals surface area contributed by atoms with Crippen LogP contribution in [-0.2, 0) is 14.4 Å². The summed E-state index contributed by atoms with van der Waals surface area (Å²) in [6.45, 7) is 3.46. The Morgan fingerprint density at radius 1 is 1.40 bits per heavy atom. The normalized spacial score (nSPS) is 38.1. The van der Waals surface area contributed by atoms with E-state index < -0.39 is 22.6 Å². The molecule has 82 valence electrons. The van der Waals surface area contributed by atoms with Crippen LogP contribution in [0.25, 0.3) is 0 Å². The van der Waals surface area contributed by atoms with Crippen molar-refractivity contribution < 1.29 is 19.5 Å². The summed E-state index contributed by atoms with van der Waals surface area (Å²) in [5, 5.41) is 9.28. The minimum Gasteiger partial charge on any atom is -0.480 e. The lowest BCUT2D eigenvalue weighted by Gasteiger charge is -2.42. The van der Waals surface area contributed by atoms with Gasteiger partial charge >= 0.3 is 5.97 Å². The van der Waals surface area contributed by atoms with Crippen LogP contribution in [0.4, 0.5) is 0 Å². The number of rotatable bonds is 1. The fraction of sp³-hybridized carbons (Fsp3) is 0.727. The van der Waals surface area contributed by atoms with E-state index >= 15 is 0 Å². The third-order valence-electron chi connectivity index (χ3n) is 4.34. The van der Waals surface area contributed by atoms with Gasteiger partial charge in [0.25, 0.3) is 0 Å². The highest BCUT2D eigenvalue weighted by atomic mass is 16.4. The molecular formula is C11H14O4. The van der Waals surface area contributed by atoms with E-state index in [2.05, 4.69) is 0 Å². The van der Waals surface area contributed by atoms with Gasteiger partial charge in [-0.15, -0.1) is 0 Å². The summed E-state index contributed by atoms with van der Waals surface area (Å²) in [5.74, 6) is -1.81. The van der Waals surface area contributed by atoms with Crippen LogP contribution in [0.2, 0.25) is 0 Å². The van der Waals surface area contributed by atoms with Gasteiger partial charge in [-0.1, -0.05) is 13.8 Å². The Balaban J connectivity index is 2.60. The molecule has 0 unspecified atom stereocenters. The lowest BCUT2D eigenvalue weighted by atomic mass is 9.57. The number of fused-ring (bicyclic) bond motifs is 2. The number of carbonyl (C=O) groups is 3. The van der Waals surface area contributed by atoms with Crippen molar-refractivity contribution in [3.05, 3.63) is 0 Å². The van der Waals surface area contributed by atoms with Crippen molar-refractivity contribution in [1.82, 2.24) is 0 Å². The van der Waals surface area contributed by atoms with Crippen molar-refractivity contribution in [2.75, 3.05) is 0 Å². The van der Waals surface area contributed by atoms with E-state index in [1.54, 1.807) is 13.8 Å². The summed E-state index contributed by atoms with van der Waals surface area (Å²) in [6.07, 6.45) is 0.648. The smallest absolute Gasteiger partial charge is 0.317 e. The number of ketones is 2. The Bertz CT molecular complexity index is 369. The summed E-state index contributed by atoms with van der Waals surface area (Å²) in [6, 6.07) is 0. The summed E-state index contributed by atoms with van der Waals surface area (Å²) < 4.78 is 0. The first kappa shape index (κ1) is 10.3. The molecular weight excluding hydrogens is 196 g/mol. The molecule has 0 aliphatic heterocycles. The topological polar surface area (TPSA) is 71.4 Å². The lowest BCUT2D eigenvalue weighted by Crippen LogP contribution is -2.54. The zero-order chi connectivity index (χ0) is 11.4. The SMILES string of the molecule is CC1(C)[C@@H]2CC[C@]1(C(=O)O)C(=O)CC2=O. The maximum Gasteiger partial charge on any atom is 0.317 e. The van der Waals surface area contributed by atoms with Gasteiger partial charge in [-0.05, 0) is 18.3 Å². The monoisotopic (exact) mass is 210 g/mol. The zero-order valence-electron chi connectivity index (χ0n) is 8.87. The van der Waals surface area contributed by atoms with E-state index in [1.807, 2.05) is 0 Å². The number of hydrogen-bond acceptors (Lipinski definition) is 3. The molecule has 4 nitrogen and oxygen atoms in total. The molecule has 4 heteroatoms. The van der Waals surface area contributed by atoms with Gasteiger partial charge in [-0.25, -0.2) is 0 Å². The second-order valence-electron chi connectivity index (χ2n) is 5.09. The van der Waals surface area contributed by atoms with E-state index in [4.69, 9.17) is 0 Å². The van der Waals surface area contributed by atoms with E-state index in [1.165, 1.54) is 0 Å². The van der Waals surface area contributed by atoms with Crippen LogP contribution in [0, 0.1) is 16.7 Å². The molecule has 2 fully saturated rings. The van der Waals surface area contributed by atoms with E-state index in [-0.39, 0.29) is 18.1 Å². The van der Waals surface area contributed by atoms with E-state index in [0.717, 1.165) is 0 Å². The van der Waals surface area contributed by atoms with Gasteiger partial charge < -0.3 is 5.11 Å². The zero-order valence-corrected chi connectivity index (χ0v) is 8.87. The first-order valence-electron chi connectivity index (χ1n) is 5.13. The van der Waals surface area contributed by atoms with Crippen molar-refractivity contribution in [2.45, 2.75) is 33.1 Å². The molecule has 0 aromatic heterocycles. The van der Waals surface area contributed by atoms with Crippen LogP contribution in [0.1, 0.15) is 33.1 Å². The molecule has 1 N–H and O–H groups in total. The number of hydrogen-bond donors (Lipinski definition) is 1. The average molecular weight is 210 g/mol. The molecule has 2 aliphatic rings. The molecule has 0 saturated heterocycles. The molecule has 0 heterocycles. The van der Waals surface area contributed by atoms with Gasteiger partial charge in [0.05, 0.1) is 6.42 Å². The molecule has 0 spiro atoms. The molecule has 0 aromatic carbocycles. The first-order valence-corrected chi connectivity index (χ1v) is 5.13. The van der Waals surface area contributed by atoms with Crippen molar-refractivity contribution in [3.8, 4) is 0 Å². The van der Waals surface area contributed by atoms with Gasteiger partial charge in [0.1, 0.15) is 11.2 Å². The minimum atomic E-state index is -1.31. The summed E-state index contributed by atoms with van der Waals surface area (Å²) >= 11 is 0. The van der Waals surface area contributed by atoms with Crippen molar-refractivity contribution in [2.24, 2.45) is 16.7 Å². The number of aliphatic carboxylic acids is 1. The minimum absolute atomic E-state index is 0.0839. The van der Waals surface area contributed by atoms with Crippen molar-refractivity contribution >= 4 is 17.5 Å². The third kappa shape index (κ3) is 0.945. The molecule has 15 heavy (non-hydrogen) atoms. The predicted molar refractivity (Wildman–Crippen MR) is 51.2 cm³/mol. The molecule has 0 aromatic rings. The highest BCUT2D eigenvalue weighted by molar-refractivity contribution is 6.15. The molecule has 0 amide bonds. The maximum absolute atomic E-state index is 11.8. The van der Waals surface area contributed by atoms with E-state index in [9.17, 15) is 19.5 Å². The van der Waals surface area contributed by atoms with Gasteiger partial charge in [0, 0.05) is 5.92 Å². The molecule has 2 aliphatic carbocycles.